The van der Waals surface area contributed by atoms with Crippen molar-refractivity contribution < 1.29 is 21.6 Å². The zero-order valence-electron chi connectivity index (χ0n) is 12.8. The average Bonchev–Trinajstić information content (AvgIpc) is 2.94. The predicted octanol–water partition coefficient (Wildman–Crippen LogP) is 1.89. The van der Waals surface area contributed by atoms with Gasteiger partial charge in [0.25, 0.3) is 0 Å². The van der Waals surface area contributed by atoms with Gasteiger partial charge in [-0.25, -0.2) is 31.7 Å². The number of sulfonamides is 1. The van der Waals surface area contributed by atoms with E-state index >= 15 is 0 Å². The van der Waals surface area contributed by atoms with Crippen LogP contribution < -0.4 is 10.9 Å². The maximum atomic E-state index is 14.1. The molecule has 10 heteroatoms. The Balaban J connectivity index is 2.25. The number of primary sulfonamides is 1. The third-order valence-corrected chi connectivity index (χ3v) is 4.47. The van der Waals surface area contributed by atoms with Gasteiger partial charge in [-0.3, -0.25) is 0 Å². The lowest BCUT2D eigenvalue weighted by molar-refractivity contribution is 0.504. The monoisotopic (exact) mass is 377 g/mol. The Morgan fingerprint density at radius 1 is 1.15 bits per heavy atom. The lowest BCUT2D eigenvalue weighted by atomic mass is 10.1. The van der Waals surface area contributed by atoms with E-state index in [0.29, 0.717) is 0 Å². The summed E-state index contributed by atoms with van der Waals surface area (Å²) in [6.07, 6.45) is 0.964. The van der Waals surface area contributed by atoms with Crippen molar-refractivity contribution >= 4 is 10.0 Å². The summed E-state index contributed by atoms with van der Waals surface area (Å²) in [6.45, 7) is 0. The number of nitrogens with two attached hydrogens (primary N) is 1. The number of oxazole rings is 1. The Hall–Kier alpha value is -3.29. The van der Waals surface area contributed by atoms with Gasteiger partial charge < -0.3 is 4.42 Å². The van der Waals surface area contributed by atoms with E-state index in [9.17, 15) is 22.0 Å². The second-order valence-corrected chi connectivity index (χ2v) is 6.70. The maximum absolute atomic E-state index is 14.1. The number of hydrogen-bond donors (Lipinski definition) is 1. The fourth-order valence-electron chi connectivity index (χ4n) is 2.45. The Morgan fingerprint density at radius 2 is 1.81 bits per heavy atom. The molecule has 2 N–H and O–H groups in total. The van der Waals surface area contributed by atoms with E-state index in [1.807, 2.05) is 6.07 Å². The van der Waals surface area contributed by atoms with E-state index < -0.39 is 32.3 Å². The third-order valence-electron chi connectivity index (χ3n) is 3.51. The lowest BCUT2D eigenvalue weighted by Gasteiger charge is -2.09. The molecule has 0 amide bonds. The highest BCUT2D eigenvalue weighted by Gasteiger charge is 2.23. The molecule has 2 aromatic carbocycles. The first-order chi connectivity index (χ1) is 12.2. The van der Waals surface area contributed by atoms with Crippen molar-refractivity contribution in [3.63, 3.8) is 0 Å². The summed E-state index contributed by atoms with van der Waals surface area (Å²) in [7, 11) is -4.61. The molecule has 3 aromatic rings. The first kappa shape index (κ1) is 17.5. The van der Waals surface area contributed by atoms with Crippen molar-refractivity contribution in [2.75, 3.05) is 0 Å². The van der Waals surface area contributed by atoms with Crippen LogP contribution in [0.1, 0.15) is 5.56 Å². The third kappa shape index (κ3) is 3.01. The fourth-order valence-corrected chi connectivity index (χ4v) is 3.11. The highest BCUT2D eigenvalue weighted by Crippen LogP contribution is 2.27. The summed E-state index contributed by atoms with van der Waals surface area (Å²) in [5, 5.41) is 13.8. The quantitative estimate of drug-likeness (QED) is 0.748. The zero-order chi connectivity index (χ0) is 19.1. The number of hydrogen-bond acceptors (Lipinski definition) is 5. The van der Waals surface area contributed by atoms with Crippen LogP contribution in [0.3, 0.4) is 0 Å². The molecule has 0 aliphatic rings. The summed E-state index contributed by atoms with van der Waals surface area (Å²) < 4.78 is 56.5. The number of nitriles is 1. The molecule has 0 bridgehead atoms. The molecule has 0 fully saturated rings. The summed E-state index contributed by atoms with van der Waals surface area (Å²) >= 11 is 0. The average molecular weight is 377 g/mol. The molecule has 7 nitrogen and oxygen atoms in total. The molecular weight excluding hydrogens is 368 g/mol. The molecule has 132 valence electrons. The minimum absolute atomic E-state index is 0.0381. The van der Waals surface area contributed by atoms with E-state index in [1.54, 1.807) is 0 Å². The normalized spacial score (nSPS) is 11.3. The molecule has 26 heavy (non-hydrogen) atoms. The smallest absolute Gasteiger partial charge is 0.415 e. The second kappa shape index (κ2) is 6.21. The molecule has 0 unspecified atom stereocenters. The first-order valence-corrected chi connectivity index (χ1v) is 8.50. The van der Waals surface area contributed by atoms with E-state index in [2.05, 4.69) is 0 Å². The number of halogens is 2. The topological polar surface area (TPSA) is 119 Å². The second-order valence-electron chi connectivity index (χ2n) is 5.20. The van der Waals surface area contributed by atoms with Gasteiger partial charge in [0.2, 0.25) is 10.0 Å². The van der Waals surface area contributed by atoms with Crippen LogP contribution in [-0.2, 0) is 10.0 Å². The van der Waals surface area contributed by atoms with Crippen LogP contribution in [-0.4, -0.2) is 13.0 Å². The molecule has 1 heterocycles. The Labute approximate surface area is 145 Å². The van der Waals surface area contributed by atoms with Crippen molar-refractivity contribution in [1.82, 2.24) is 4.57 Å². The minimum atomic E-state index is -4.61. The van der Waals surface area contributed by atoms with Crippen LogP contribution in [0.4, 0.5) is 8.78 Å². The van der Waals surface area contributed by atoms with Crippen LogP contribution in [0, 0.1) is 23.0 Å². The zero-order valence-corrected chi connectivity index (χ0v) is 13.6. The van der Waals surface area contributed by atoms with Crippen LogP contribution in [0.15, 0.2) is 56.8 Å². The Bertz CT molecular complexity index is 1200. The Kier molecular flexibility index (Phi) is 4.19. The van der Waals surface area contributed by atoms with Gasteiger partial charge in [0, 0.05) is 5.56 Å². The van der Waals surface area contributed by atoms with Crippen molar-refractivity contribution in [1.29, 1.82) is 5.26 Å². The van der Waals surface area contributed by atoms with E-state index in [4.69, 9.17) is 14.8 Å². The number of rotatable bonds is 3. The highest BCUT2D eigenvalue weighted by atomic mass is 32.2. The van der Waals surface area contributed by atoms with E-state index in [0.717, 1.165) is 23.0 Å². The van der Waals surface area contributed by atoms with Crippen LogP contribution >= 0.6 is 0 Å². The number of benzene rings is 2. The first-order valence-electron chi connectivity index (χ1n) is 6.95. The fraction of sp³-hybridized carbons (Fsp3) is 0. The largest absolute Gasteiger partial charge is 0.424 e. The summed E-state index contributed by atoms with van der Waals surface area (Å²) in [5.41, 5.74) is 0.294. The van der Waals surface area contributed by atoms with Gasteiger partial charge in [-0.05, 0) is 30.3 Å². The van der Waals surface area contributed by atoms with Gasteiger partial charge in [-0.15, -0.1) is 0 Å². The van der Waals surface area contributed by atoms with Crippen LogP contribution in [0.5, 0.6) is 0 Å². The van der Waals surface area contributed by atoms with Crippen molar-refractivity contribution in [3.05, 3.63) is 70.4 Å². The highest BCUT2D eigenvalue weighted by molar-refractivity contribution is 7.89. The van der Waals surface area contributed by atoms with Gasteiger partial charge in [-0.1, -0.05) is 6.07 Å². The van der Waals surface area contributed by atoms with Crippen molar-refractivity contribution in [2.24, 2.45) is 5.14 Å². The molecule has 1 aromatic heterocycles. The van der Waals surface area contributed by atoms with Gasteiger partial charge >= 0.3 is 5.76 Å². The number of aromatic nitrogens is 1. The van der Waals surface area contributed by atoms with E-state index in [1.165, 1.54) is 24.3 Å². The summed E-state index contributed by atoms with van der Waals surface area (Å²) in [6, 6.07) is 9.24. The molecule has 0 aliphatic heterocycles. The molecule has 3 rings (SSSR count). The summed E-state index contributed by atoms with van der Waals surface area (Å²) in [5.74, 6) is -3.67. The van der Waals surface area contributed by atoms with Gasteiger partial charge in [0.1, 0.15) is 17.9 Å². The van der Waals surface area contributed by atoms with Gasteiger partial charge in [0.05, 0.1) is 23.0 Å². The van der Waals surface area contributed by atoms with Crippen LogP contribution in [0.2, 0.25) is 0 Å². The molecule has 0 saturated heterocycles. The lowest BCUT2D eigenvalue weighted by Crippen LogP contribution is -2.17. The van der Waals surface area contributed by atoms with E-state index in [-0.39, 0.29) is 22.5 Å². The number of nitrogens with zero attached hydrogens (tertiary/aromatic N) is 2. The molecular formula is C16H9F2N3O4S. The van der Waals surface area contributed by atoms with Crippen molar-refractivity contribution in [2.45, 2.75) is 4.90 Å². The molecule has 0 radical (unpaired) electrons. The maximum Gasteiger partial charge on any atom is 0.424 e. The molecule has 0 saturated carbocycles. The molecule has 0 spiro atoms. The van der Waals surface area contributed by atoms with Crippen LogP contribution in [0.25, 0.3) is 16.9 Å². The predicted molar refractivity (Wildman–Crippen MR) is 85.7 cm³/mol. The Morgan fingerprint density at radius 3 is 2.38 bits per heavy atom. The standard InChI is InChI=1S/C16H9F2N3O4S/c17-12-5-10(6-13(18)15(12)26(20,23)24)14-8-25-16(22)21(14)11-3-1-2-9(4-11)7-19/h1-6,8H,(H2,20,23,24). The van der Waals surface area contributed by atoms with Crippen molar-refractivity contribution in [3.8, 4) is 23.0 Å². The van der Waals surface area contributed by atoms with Gasteiger partial charge in [-0.2, -0.15) is 5.26 Å². The minimum Gasteiger partial charge on any atom is -0.415 e. The summed E-state index contributed by atoms with van der Waals surface area (Å²) in [4.78, 5) is 10.7. The SMILES string of the molecule is N#Cc1cccc(-n2c(-c3cc(F)c(S(N)(=O)=O)c(F)c3)coc2=O)c1. The van der Waals surface area contributed by atoms with Gasteiger partial charge in [0.15, 0.2) is 4.90 Å². The molecule has 0 atom stereocenters. The molecule has 0 aliphatic carbocycles.